The van der Waals surface area contributed by atoms with Gasteiger partial charge in [0.05, 0.1) is 16.1 Å². The summed E-state index contributed by atoms with van der Waals surface area (Å²) in [6.07, 6.45) is -4.31. The Labute approximate surface area is 94.6 Å². The third-order valence-electron chi connectivity index (χ3n) is 2.14. The topological polar surface area (TPSA) is 12.9 Å². The van der Waals surface area contributed by atoms with E-state index in [0.29, 0.717) is 11.3 Å². The molecule has 0 N–H and O–H groups in total. The van der Waals surface area contributed by atoms with Crippen LogP contribution in [0, 0.1) is 12.4 Å². The summed E-state index contributed by atoms with van der Waals surface area (Å²) in [5, 5.41) is 0. The van der Waals surface area contributed by atoms with Crippen molar-refractivity contribution in [3.05, 3.63) is 41.0 Å². The van der Waals surface area contributed by atoms with Crippen molar-refractivity contribution in [1.82, 2.24) is 4.98 Å². The van der Waals surface area contributed by atoms with E-state index >= 15 is 0 Å². The third kappa shape index (κ3) is 2.09. The highest BCUT2D eigenvalue weighted by Crippen LogP contribution is 2.34. The molecule has 83 valence electrons. The Kier molecular flexibility index (Phi) is 2.71. The van der Waals surface area contributed by atoms with E-state index in [1.54, 1.807) is 13.0 Å². The summed E-state index contributed by atoms with van der Waals surface area (Å²) in [6, 6.07) is 5.23. The van der Waals surface area contributed by atoms with Gasteiger partial charge in [-0.25, -0.2) is 4.98 Å². The van der Waals surface area contributed by atoms with Gasteiger partial charge in [0, 0.05) is 0 Å². The van der Waals surface area contributed by atoms with E-state index in [2.05, 4.69) is 10.5 Å². The fraction of sp³-hybridized carbons (Fsp3) is 0.182. The molecule has 0 aliphatic rings. The van der Waals surface area contributed by atoms with Crippen molar-refractivity contribution < 1.29 is 13.2 Å². The van der Waals surface area contributed by atoms with Crippen molar-refractivity contribution in [2.45, 2.75) is 13.1 Å². The molecule has 0 saturated heterocycles. The van der Waals surface area contributed by atoms with Crippen LogP contribution < -0.4 is 0 Å². The fourth-order valence-corrected chi connectivity index (χ4v) is 2.08. The summed E-state index contributed by atoms with van der Waals surface area (Å²) >= 11 is 1.22. The molecule has 0 saturated carbocycles. The summed E-state index contributed by atoms with van der Waals surface area (Å²) in [6.45, 7) is 1.75. The minimum absolute atomic E-state index is 0.533. The zero-order chi connectivity index (χ0) is 11.8. The Morgan fingerprint density at radius 2 is 2.06 bits per heavy atom. The van der Waals surface area contributed by atoms with Crippen molar-refractivity contribution in [2.75, 3.05) is 0 Å². The quantitative estimate of drug-likeness (QED) is 0.738. The van der Waals surface area contributed by atoms with Gasteiger partial charge in [-0.15, -0.1) is 11.3 Å². The van der Waals surface area contributed by atoms with Gasteiger partial charge in [-0.2, -0.15) is 13.2 Å². The third-order valence-corrected chi connectivity index (χ3v) is 3.06. The van der Waals surface area contributed by atoms with Crippen molar-refractivity contribution in [3.8, 4) is 10.4 Å². The van der Waals surface area contributed by atoms with Crippen LogP contribution in [0.3, 0.4) is 0 Å². The molecule has 1 aromatic heterocycles. The lowest BCUT2D eigenvalue weighted by atomic mass is 10.1. The van der Waals surface area contributed by atoms with Gasteiger partial charge in [-0.1, -0.05) is 12.1 Å². The molecule has 0 amide bonds. The Morgan fingerprint density at radius 3 is 2.62 bits per heavy atom. The van der Waals surface area contributed by atoms with Gasteiger partial charge in [0.1, 0.15) is 0 Å². The molecule has 2 aromatic rings. The molecule has 2 rings (SSSR count). The second-order valence-corrected chi connectivity index (χ2v) is 4.09. The molecule has 0 atom stereocenters. The maximum atomic E-state index is 12.5. The molecule has 1 nitrogen and oxygen atoms in total. The smallest absolute Gasteiger partial charge is 0.238 e. The highest BCUT2D eigenvalue weighted by Gasteiger charge is 2.30. The zero-order valence-corrected chi connectivity index (χ0v) is 9.12. The molecular formula is C11H7F3NS. The summed E-state index contributed by atoms with van der Waals surface area (Å²) in [5.74, 6) is 0. The number of hydrogen-bond donors (Lipinski definition) is 0. The van der Waals surface area contributed by atoms with Crippen LogP contribution in [0.15, 0.2) is 24.3 Å². The van der Waals surface area contributed by atoms with Gasteiger partial charge < -0.3 is 0 Å². The Balaban J connectivity index is 2.49. The van der Waals surface area contributed by atoms with Crippen LogP contribution in [0.25, 0.3) is 10.4 Å². The zero-order valence-electron chi connectivity index (χ0n) is 8.30. The van der Waals surface area contributed by atoms with Gasteiger partial charge in [0.15, 0.2) is 5.51 Å². The highest BCUT2D eigenvalue weighted by molar-refractivity contribution is 7.12. The van der Waals surface area contributed by atoms with Crippen LogP contribution in [0.5, 0.6) is 0 Å². The number of rotatable bonds is 1. The minimum atomic E-state index is -4.31. The molecule has 0 aliphatic carbocycles. The normalized spacial score (nSPS) is 11.8. The predicted molar refractivity (Wildman–Crippen MR) is 56.1 cm³/mol. The first-order valence-corrected chi connectivity index (χ1v) is 5.31. The number of aromatic nitrogens is 1. The summed E-state index contributed by atoms with van der Waals surface area (Å²) in [7, 11) is 0. The van der Waals surface area contributed by atoms with Crippen LogP contribution in [0.1, 0.15) is 11.3 Å². The van der Waals surface area contributed by atoms with E-state index in [1.807, 2.05) is 0 Å². The Hall–Kier alpha value is -1.36. The highest BCUT2D eigenvalue weighted by atomic mass is 32.1. The molecule has 0 bridgehead atoms. The van der Waals surface area contributed by atoms with Gasteiger partial charge in [0.2, 0.25) is 0 Å². The summed E-state index contributed by atoms with van der Waals surface area (Å²) in [5.41, 5.74) is 3.26. The molecule has 5 heteroatoms. The number of aryl methyl sites for hydroxylation is 1. The maximum absolute atomic E-state index is 12.5. The Morgan fingerprint density at radius 1 is 1.31 bits per heavy atom. The molecule has 1 heterocycles. The average molecular weight is 242 g/mol. The predicted octanol–water partition coefficient (Wildman–Crippen LogP) is 3.94. The SMILES string of the molecule is Cc1n[c]sc1-c1cccc(C(F)(F)F)c1. The van der Waals surface area contributed by atoms with Gasteiger partial charge in [-0.05, 0) is 24.6 Å². The van der Waals surface area contributed by atoms with Gasteiger partial charge in [0.25, 0.3) is 0 Å². The number of halogens is 3. The van der Waals surface area contributed by atoms with E-state index in [4.69, 9.17) is 0 Å². The molecule has 1 radical (unpaired) electrons. The average Bonchev–Trinajstić information content (AvgIpc) is 2.63. The summed E-state index contributed by atoms with van der Waals surface area (Å²) < 4.78 is 37.5. The first-order valence-electron chi connectivity index (χ1n) is 4.49. The minimum Gasteiger partial charge on any atom is -0.238 e. The molecule has 1 aromatic carbocycles. The van der Waals surface area contributed by atoms with E-state index in [1.165, 1.54) is 17.4 Å². The lowest BCUT2D eigenvalue weighted by molar-refractivity contribution is -0.137. The van der Waals surface area contributed by atoms with Crippen molar-refractivity contribution in [3.63, 3.8) is 0 Å². The fourth-order valence-electron chi connectivity index (χ4n) is 1.37. The first kappa shape index (κ1) is 11.1. The van der Waals surface area contributed by atoms with Gasteiger partial charge >= 0.3 is 6.18 Å². The second kappa shape index (κ2) is 3.90. The number of alkyl halides is 3. The molecule has 0 spiro atoms. The molecule has 0 unspecified atom stereocenters. The lowest BCUT2D eigenvalue weighted by Crippen LogP contribution is -2.04. The molecule has 0 fully saturated rings. The monoisotopic (exact) mass is 242 g/mol. The van der Waals surface area contributed by atoms with Crippen LogP contribution in [-0.2, 0) is 6.18 Å². The number of nitrogens with zero attached hydrogens (tertiary/aromatic N) is 1. The van der Waals surface area contributed by atoms with Crippen LogP contribution >= 0.6 is 11.3 Å². The van der Waals surface area contributed by atoms with E-state index < -0.39 is 11.7 Å². The first-order chi connectivity index (χ1) is 7.48. The molecular weight excluding hydrogens is 235 g/mol. The lowest BCUT2D eigenvalue weighted by Gasteiger charge is -2.07. The van der Waals surface area contributed by atoms with E-state index in [-0.39, 0.29) is 0 Å². The van der Waals surface area contributed by atoms with E-state index in [0.717, 1.165) is 17.0 Å². The standard InChI is InChI=1S/C11H7F3NS/c1-7-10(16-6-15-7)8-3-2-4-9(5-8)11(12,13)14/h2-5H,1H3. The number of thiazole rings is 1. The van der Waals surface area contributed by atoms with Crippen molar-refractivity contribution >= 4 is 11.3 Å². The number of hydrogen-bond acceptors (Lipinski definition) is 2. The molecule has 16 heavy (non-hydrogen) atoms. The largest absolute Gasteiger partial charge is 0.416 e. The van der Waals surface area contributed by atoms with E-state index in [9.17, 15) is 13.2 Å². The van der Waals surface area contributed by atoms with Crippen molar-refractivity contribution in [1.29, 1.82) is 0 Å². The van der Waals surface area contributed by atoms with Crippen LogP contribution in [0.2, 0.25) is 0 Å². The second-order valence-electron chi connectivity index (χ2n) is 3.30. The van der Waals surface area contributed by atoms with Crippen molar-refractivity contribution in [2.24, 2.45) is 0 Å². The number of benzene rings is 1. The molecule has 0 aliphatic heterocycles. The van der Waals surface area contributed by atoms with Gasteiger partial charge in [-0.3, -0.25) is 0 Å². The van der Waals surface area contributed by atoms with Crippen LogP contribution in [-0.4, -0.2) is 4.98 Å². The maximum Gasteiger partial charge on any atom is 0.416 e. The van der Waals surface area contributed by atoms with Crippen LogP contribution in [0.4, 0.5) is 13.2 Å². The Bertz CT molecular complexity index is 502. The summed E-state index contributed by atoms with van der Waals surface area (Å²) in [4.78, 5) is 4.62.